The number of hydrogen-bond acceptors (Lipinski definition) is 4. The van der Waals surface area contributed by atoms with Crippen molar-refractivity contribution in [2.45, 2.75) is 13.3 Å². The van der Waals surface area contributed by atoms with Gasteiger partial charge in [0.2, 0.25) is 10.0 Å². The normalized spacial score (nSPS) is 15.9. The average Bonchev–Trinajstić information content (AvgIpc) is 3.33. The maximum Gasteiger partial charge on any atom is 0.255 e. The Labute approximate surface area is 176 Å². The summed E-state index contributed by atoms with van der Waals surface area (Å²) in [7, 11) is -3.17. The van der Waals surface area contributed by atoms with Gasteiger partial charge in [0.1, 0.15) is 5.69 Å². The quantitative estimate of drug-likeness (QED) is 0.659. The number of hydrogen-bond donors (Lipinski definition) is 1. The van der Waals surface area contributed by atoms with E-state index in [0.29, 0.717) is 24.2 Å². The average molecular weight is 425 g/mol. The Bertz CT molecular complexity index is 1140. The van der Waals surface area contributed by atoms with E-state index in [0.717, 1.165) is 16.8 Å². The molecule has 1 amide bonds. The van der Waals surface area contributed by atoms with Gasteiger partial charge in [-0.3, -0.25) is 4.79 Å². The third-order valence-corrected chi connectivity index (χ3v) is 7.11. The lowest BCUT2D eigenvalue weighted by molar-refractivity contribution is 0.0952. The van der Waals surface area contributed by atoms with Crippen molar-refractivity contribution >= 4 is 15.9 Å². The molecule has 1 N–H and O–H groups in total. The Balaban J connectivity index is 1.57. The van der Waals surface area contributed by atoms with Gasteiger partial charge in [-0.15, -0.1) is 0 Å². The first-order valence-electron chi connectivity index (χ1n) is 9.92. The van der Waals surface area contributed by atoms with Gasteiger partial charge in [0.25, 0.3) is 5.91 Å². The van der Waals surface area contributed by atoms with Crippen molar-refractivity contribution in [3.63, 3.8) is 0 Å². The number of nitrogens with zero attached hydrogens (tertiary/aromatic N) is 3. The van der Waals surface area contributed by atoms with Gasteiger partial charge in [-0.25, -0.2) is 17.4 Å². The Morgan fingerprint density at radius 1 is 1.10 bits per heavy atom. The Kier molecular flexibility index (Phi) is 5.69. The van der Waals surface area contributed by atoms with Crippen molar-refractivity contribution in [3.8, 4) is 16.9 Å². The van der Waals surface area contributed by atoms with Gasteiger partial charge >= 0.3 is 0 Å². The van der Waals surface area contributed by atoms with E-state index in [4.69, 9.17) is 0 Å². The van der Waals surface area contributed by atoms with E-state index in [1.807, 2.05) is 61.5 Å². The maximum absolute atomic E-state index is 12.9. The summed E-state index contributed by atoms with van der Waals surface area (Å²) in [5, 5.41) is 7.51. The van der Waals surface area contributed by atoms with Crippen LogP contribution >= 0.6 is 0 Å². The van der Waals surface area contributed by atoms with Gasteiger partial charge in [-0.1, -0.05) is 48.0 Å². The summed E-state index contributed by atoms with van der Waals surface area (Å²) in [6.45, 7) is 3.06. The van der Waals surface area contributed by atoms with Gasteiger partial charge in [0, 0.05) is 31.4 Å². The van der Waals surface area contributed by atoms with Crippen LogP contribution in [0.1, 0.15) is 22.3 Å². The van der Waals surface area contributed by atoms with Crippen LogP contribution in [-0.2, 0) is 10.0 Å². The molecule has 1 fully saturated rings. The first kappa shape index (κ1) is 20.3. The second-order valence-corrected chi connectivity index (χ2v) is 9.45. The number of benzene rings is 2. The van der Waals surface area contributed by atoms with Crippen LogP contribution in [0.2, 0.25) is 0 Å². The third-order valence-electron chi connectivity index (χ3n) is 5.15. The minimum atomic E-state index is -3.17. The van der Waals surface area contributed by atoms with E-state index < -0.39 is 10.0 Å². The highest BCUT2D eigenvalue weighted by Gasteiger charge is 2.27. The summed E-state index contributed by atoms with van der Waals surface area (Å²) < 4.78 is 27.0. The van der Waals surface area contributed by atoms with Crippen LogP contribution in [0.25, 0.3) is 16.9 Å². The zero-order valence-corrected chi connectivity index (χ0v) is 17.6. The van der Waals surface area contributed by atoms with Crippen LogP contribution in [0.4, 0.5) is 0 Å². The molecule has 1 aromatic heterocycles. The fourth-order valence-electron chi connectivity index (χ4n) is 3.51. The number of carbonyl (C=O) groups is 1. The molecular formula is C22H24N4O3S. The minimum absolute atomic E-state index is 0.183. The predicted molar refractivity (Wildman–Crippen MR) is 116 cm³/mol. The van der Waals surface area contributed by atoms with Crippen molar-refractivity contribution in [1.29, 1.82) is 0 Å². The Hall–Kier alpha value is -2.97. The molecule has 1 aliphatic heterocycles. The lowest BCUT2D eigenvalue weighted by Crippen LogP contribution is -2.35. The summed E-state index contributed by atoms with van der Waals surface area (Å²) in [6, 6.07) is 17.4. The first-order chi connectivity index (χ1) is 14.4. The molecule has 1 aliphatic rings. The number of aromatic nitrogens is 2. The van der Waals surface area contributed by atoms with E-state index in [-0.39, 0.29) is 24.7 Å². The molecule has 3 aromatic rings. The molecule has 0 bridgehead atoms. The standard InChI is InChI=1S/C22H24N4O3S/c1-17-8-10-19(11-9-17)26-16-20(21(24-26)18-6-3-2-4-7-18)22(27)23-12-14-25-13-5-15-30(25,28)29/h2-4,6-11,16H,5,12-15H2,1H3,(H,23,27). The van der Waals surface area contributed by atoms with E-state index >= 15 is 0 Å². The molecule has 4 rings (SSSR count). The number of carbonyl (C=O) groups excluding carboxylic acids is 1. The van der Waals surface area contributed by atoms with Crippen molar-refractivity contribution in [2.75, 3.05) is 25.4 Å². The number of aryl methyl sites for hydroxylation is 1. The molecule has 1 saturated heterocycles. The number of sulfonamides is 1. The fraction of sp³-hybridized carbons (Fsp3) is 0.273. The first-order valence-corrected chi connectivity index (χ1v) is 11.5. The van der Waals surface area contributed by atoms with Crippen LogP contribution < -0.4 is 5.32 Å². The van der Waals surface area contributed by atoms with Crippen LogP contribution in [-0.4, -0.2) is 53.8 Å². The molecule has 0 spiro atoms. The Morgan fingerprint density at radius 2 is 1.83 bits per heavy atom. The zero-order valence-electron chi connectivity index (χ0n) is 16.8. The van der Waals surface area contributed by atoms with E-state index in [1.165, 1.54) is 4.31 Å². The van der Waals surface area contributed by atoms with Gasteiger partial charge in [-0.2, -0.15) is 5.10 Å². The van der Waals surface area contributed by atoms with E-state index in [2.05, 4.69) is 10.4 Å². The molecule has 7 nitrogen and oxygen atoms in total. The molecule has 8 heteroatoms. The highest BCUT2D eigenvalue weighted by molar-refractivity contribution is 7.89. The number of nitrogens with one attached hydrogen (secondary N) is 1. The van der Waals surface area contributed by atoms with Crippen molar-refractivity contribution in [3.05, 3.63) is 71.9 Å². The van der Waals surface area contributed by atoms with E-state index in [9.17, 15) is 13.2 Å². The van der Waals surface area contributed by atoms with Crippen molar-refractivity contribution < 1.29 is 13.2 Å². The summed E-state index contributed by atoms with van der Waals surface area (Å²) in [5.41, 5.74) is 3.88. The molecule has 0 saturated carbocycles. The molecule has 0 unspecified atom stereocenters. The van der Waals surface area contributed by atoms with Crippen LogP contribution in [0, 0.1) is 6.92 Å². The fourth-order valence-corrected chi connectivity index (χ4v) is 5.04. The molecular weight excluding hydrogens is 400 g/mol. The van der Waals surface area contributed by atoms with Gasteiger partial charge in [-0.05, 0) is 25.5 Å². The molecule has 156 valence electrons. The van der Waals surface area contributed by atoms with Crippen LogP contribution in [0.15, 0.2) is 60.8 Å². The SMILES string of the molecule is Cc1ccc(-n2cc(C(=O)NCCN3CCCS3(=O)=O)c(-c3ccccc3)n2)cc1. The smallest absolute Gasteiger partial charge is 0.255 e. The molecule has 0 atom stereocenters. The monoisotopic (exact) mass is 424 g/mol. The van der Waals surface area contributed by atoms with Gasteiger partial charge in [0.05, 0.1) is 17.0 Å². The summed E-state index contributed by atoms with van der Waals surface area (Å²) in [6.07, 6.45) is 2.35. The molecule has 0 aliphatic carbocycles. The molecule has 2 aromatic carbocycles. The van der Waals surface area contributed by atoms with E-state index in [1.54, 1.807) is 10.9 Å². The highest BCUT2D eigenvalue weighted by atomic mass is 32.2. The third kappa shape index (κ3) is 4.29. The number of rotatable bonds is 6. The van der Waals surface area contributed by atoms with Crippen molar-refractivity contribution in [2.24, 2.45) is 0 Å². The lowest BCUT2D eigenvalue weighted by atomic mass is 10.1. The largest absolute Gasteiger partial charge is 0.351 e. The summed E-state index contributed by atoms with van der Waals surface area (Å²) in [4.78, 5) is 12.9. The van der Waals surface area contributed by atoms with Gasteiger partial charge in [0.15, 0.2) is 0 Å². The van der Waals surface area contributed by atoms with Crippen LogP contribution in [0.3, 0.4) is 0 Å². The zero-order chi connectivity index (χ0) is 21.1. The van der Waals surface area contributed by atoms with Gasteiger partial charge < -0.3 is 5.32 Å². The minimum Gasteiger partial charge on any atom is -0.351 e. The summed E-state index contributed by atoms with van der Waals surface area (Å²) in [5.74, 6) is -0.0913. The topological polar surface area (TPSA) is 84.3 Å². The highest BCUT2D eigenvalue weighted by Crippen LogP contribution is 2.24. The maximum atomic E-state index is 12.9. The molecule has 30 heavy (non-hydrogen) atoms. The van der Waals surface area contributed by atoms with Crippen LogP contribution in [0.5, 0.6) is 0 Å². The molecule has 2 heterocycles. The second-order valence-electron chi connectivity index (χ2n) is 7.36. The summed E-state index contributed by atoms with van der Waals surface area (Å²) >= 11 is 0. The number of amides is 1. The lowest BCUT2D eigenvalue weighted by Gasteiger charge is -2.14. The second kappa shape index (κ2) is 8.41. The predicted octanol–water partition coefficient (Wildman–Crippen LogP) is 2.61. The Morgan fingerprint density at radius 3 is 2.50 bits per heavy atom. The molecule has 0 radical (unpaired) electrons. The van der Waals surface area contributed by atoms with Crippen molar-refractivity contribution in [1.82, 2.24) is 19.4 Å².